The van der Waals surface area contributed by atoms with Crippen LogP contribution in [0.15, 0.2) is 12.3 Å². The van der Waals surface area contributed by atoms with Gasteiger partial charge in [0.1, 0.15) is 0 Å². The van der Waals surface area contributed by atoms with E-state index in [-0.39, 0.29) is 0 Å². The molecule has 0 bridgehead atoms. The standard InChI is InChI=1S/C11H21N3/c1-4-10(5-2)12-9-11-7-8-13-14(11)6-3/h7-8,10,12H,4-6,9H2,1-3H3. The number of hydrogen-bond acceptors (Lipinski definition) is 2. The molecule has 0 amide bonds. The SMILES string of the molecule is CCC(CC)NCc1ccnn1CC. The molecule has 0 aromatic carbocycles. The maximum atomic E-state index is 4.24. The number of aromatic nitrogens is 2. The highest BCUT2D eigenvalue weighted by atomic mass is 15.3. The Bertz CT molecular complexity index is 251. The first kappa shape index (κ1) is 11.2. The first-order valence-electron chi connectivity index (χ1n) is 5.55. The van der Waals surface area contributed by atoms with Crippen molar-refractivity contribution in [3.05, 3.63) is 18.0 Å². The fraction of sp³-hybridized carbons (Fsp3) is 0.727. The van der Waals surface area contributed by atoms with E-state index in [0.29, 0.717) is 6.04 Å². The van der Waals surface area contributed by atoms with Gasteiger partial charge < -0.3 is 5.32 Å². The maximum absolute atomic E-state index is 4.24. The van der Waals surface area contributed by atoms with Crippen molar-refractivity contribution in [2.75, 3.05) is 0 Å². The fourth-order valence-corrected chi connectivity index (χ4v) is 1.62. The van der Waals surface area contributed by atoms with Gasteiger partial charge in [-0.05, 0) is 25.8 Å². The highest BCUT2D eigenvalue weighted by Gasteiger charge is 2.04. The predicted octanol–water partition coefficient (Wildman–Crippen LogP) is 2.18. The Labute approximate surface area is 86.5 Å². The Hall–Kier alpha value is -0.830. The lowest BCUT2D eigenvalue weighted by atomic mass is 10.2. The minimum Gasteiger partial charge on any atom is -0.308 e. The lowest BCUT2D eigenvalue weighted by Gasteiger charge is -2.14. The van der Waals surface area contributed by atoms with Gasteiger partial charge in [0.2, 0.25) is 0 Å². The summed E-state index contributed by atoms with van der Waals surface area (Å²) >= 11 is 0. The first-order chi connectivity index (χ1) is 6.81. The molecule has 1 aromatic heterocycles. The van der Waals surface area contributed by atoms with E-state index in [4.69, 9.17) is 0 Å². The average Bonchev–Trinajstić information content (AvgIpc) is 2.67. The van der Waals surface area contributed by atoms with E-state index >= 15 is 0 Å². The van der Waals surface area contributed by atoms with E-state index in [2.05, 4.69) is 37.3 Å². The van der Waals surface area contributed by atoms with E-state index in [1.165, 1.54) is 18.5 Å². The first-order valence-corrected chi connectivity index (χ1v) is 5.55. The molecule has 0 unspecified atom stereocenters. The van der Waals surface area contributed by atoms with E-state index in [1.54, 1.807) is 0 Å². The zero-order chi connectivity index (χ0) is 10.4. The van der Waals surface area contributed by atoms with Crippen LogP contribution < -0.4 is 5.32 Å². The molecule has 0 fully saturated rings. The van der Waals surface area contributed by atoms with Crippen molar-refractivity contribution in [1.29, 1.82) is 0 Å². The Morgan fingerprint density at radius 3 is 2.64 bits per heavy atom. The Morgan fingerprint density at radius 2 is 2.07 bits per heavy atom. The predicted molar refractivity (Wildman–Crippen MR) is 59.1 cm³/mol. The molecule has 1 N–H and O–H groups in total. The molecule has 3 heteroatoms. The van der Waals surface area contributed by atoms with Gasteiger partial charge in [-0.3, -0.25) is 4.68 Å². The highest BCUT2D eigenvalue weighted by Crippen LogP contribution is 2.01. The van der Waals surface area contributed by atoms with Gasteiger partial charge >= 0.3 is 0 Å². The van der Waals surface area contributed by atoms with Gasteiger partial charge in [0.25, 0.3) is 0 Å². The lowest BCUT2D eigenvalue weighted by Crippen LogP contribution is -2.28. The van der Waals surface area contributed by atoms with Crippen LogP contribution >= 0.6 is 0 Å². The number of hydrogen-bond donors (Lipinski definition) is 1. The normalized spacial score (nSPS) is 11.1. The largest absolute Gasteiger partial charge is 0.308 e. The molecule has 0 spiro atoms. The molecule has 3 nitrogen and oxygen atoms in total. The molecular weight excluding hydrogens is 174 g/mol. The van der Waals surface area contributed by atoms with Gasteiger partial charge in [-0.25, -0.2) is 0 Å². The average molecular weight is 195 g/mol. The summed E-state index contributed by atoms with van der Waals surface area (Å²) < 4.78 is 2.04. The third kappa shape index (κ3) is 2.84. The zero-order valence-electron chi connectivity index (χ0n) is 9.45. The lowest BCUT2D eigenvalue weighted by molar-refractivity contribution is 0.467. The van der Waals surface area contributed by atoms with Crippen molar-refractivity contribution in [2.24, 2.45) is 0 Å². The summed E-state index contributed by atoms with van der Waals surface area (Å²) in [5, 5.41) is 7.78. The van der Waals surface area contributed by atoms with Crippen LogP contribution in [0.2, 0.25) is 0 Å². The summed E-state index contributed by atoms with van der Waals surface area (Å²) in [5.74, 6) is 0. The molecule has 0 aliphatic heterocycles. The van der Waals surface area contributed by atoms with Crippen LogP contribution in [0.5, 0.6) is 0 Å². The summed E-state index contributed by atoms with van der Waals surface area (Å²) in [6.45, 7) is 8.44. The monoisotopic (exact) mass is 195 g/mol. The third-order valence-corrected chi connectivity index (χ3v) is 2.66. The van der Waals surface area contributed by atoms with Gasteiger partial charge in [0.05, 0.1) is 5.69 Å². The molecule has 0 saturated carbocycles. The molecule has 0 saturated heterocycles. The maximum Gasteiger partial charge on any atom is 0.0522 e. The van der Waals surface area contributed by atoms with E-state index in [0.717, 1.165) is 13.1 Å². The number of rotatable bonds is 6. The van der Waals surface area contributed by atoms with Crippen molar-refractivity contribution >= 4 is 0 Å². The van der Waals surface area contributed by atoms with Gasteiger partial charge in [-0.15, -0.1) is 0 Å². The van der Waals surface area contributed by atoms with Crippen LogP contribution in [0.1, 0.15) is 39.3 Å². The van der Waals surface area contributed by atoms with Crippen LogP contribution in [0.3, 0.4) is 0 Å². The fourth-order valence-electron chi connectivity index (χ4n) is 1.62. The van der Waals surface area contributed by atoms with Crippen LogP contribution in [-0.4, -0.2) is 15.8 Å². The van der Waals surface area contributed by atoms with Crippen LogP contribution in [0.4, 0.5) is 0 Å². The second kappa shape index (κ2) is 5.81. The number of nitrogens with zero attached hydrogens (tertiary/aromatic N) is 2. The minimum absolute atomic E-state index is 0.634. The summed E-state index contributed by atoms with van der Waals surface area (Å²) in [6, 6.07) is 2.72. The molecule has 0 aliphatic carbocycles. The zero-order valence-corrected chi connectivity index (χ0v) is 9.45. The second-order valence-corrected chi connectivity index (χ2v) is 3.53. The second-order valence-electron chi connectivity index (χ2n) is 3.53. The molecule has 14 heavy (non-hydrogen) atoms. The Morgan fingerprint density at radius 1 is 1.36 bits per heavy atom. The van der Waals surface area contributed by atoms with E-state index in [1.807, 2.05) is 10.9 Å². The quantitative estimate of drug-likeness (QED) is 0.754. The van der Waals surface area contributed by atoms with Gasteiger partial charge in [0.15, 0.2) is 0 Å². The molecule has 80 valence electrons. The van der Waals surface area contributed by atoms with Crippen molar-refractivity contribution in [3.8, 4) is 0 Å². The van der Waals surface area contributed by atoms with E-state index in [9.17, 15) is 0 Å². The third-order valence-electron chi connectivity index (χ3n) is 2.66. The molecule has 0 atom stereocenters. The molecule has 0 radical (unpaired) electrons. The smallest absolute Gasteiger partial charge is 0.0522 e. The Balaban J connectivity index is 2.44. The van der Waals surface area contributed by atoms with Crippen molar-refractivity contribution in [1.82, 2.24) is 15.1 Å². The molecule has 1 heterocycles. The van der Waals surface area contributed by atoms with Gasteiger partial charge in [-0.2, -0.15) is 5.10 Å². The van der Waals surface area contributed by atoms with Crippen molar-refractivity contribution in [3.63, 3.8) is 0 Å². The Kier molecular flexibility index (Phi) is 4.66. The number of nitrogens with one attached hydrogen (secondary N) is 1. The highest BCUT2D eigenvalue weighted by molar-refractivity contribution is 5.00. The summed E-state index contributed by atoms with van der Waals surface area (Å²) in [4.78, 5) is 0. The molecule has 1 rings (SSSR count). The topological polar surface area (TPSA) is 29.9 Å². The van der Waals surface area contributed by atoms with Crippen LogP contribution in [-0.2, 0) is 13.1 Å². The van der Waals surface area contributed by atoms with Crippen LogP contribution in [0.25, 0.3) is 0 Å². The number of aryl methyl sites for hydroxylation is 1. The van der Waals surface area contributed by atoms with Crippen molar-refractivity contribution in [2.45, 2.75) is 52.7 Å². The summed E-state index contributed by atoms with van der Waals surface area (Å²) in [7, 11) is 0. The van der Waals surface area contributed by atoms with Crippen LogP contribution in [0, 0.1) is 0 Å². The molecule has 1 aromatic rings. The molecular formula is C11H21N3. The van der Waals surface area contributed by atoms with Crippen molar-refractivity contribution < 1.29 is 0 Å². The summed E-state index contributed by atoms with van der Waals surface area (Å²) in [6.07, 6.45) is 4.25. The minimum atomic E-state index is 0.634. The van der Waals surface area contributed by atoms with E-state index < -0.39 is 0 Å². The van der Waals surface area contributed by atoms with Gasteiger partial charge in [-0.1, -0.05) is 13.8 Å². The van der Waals surface area contributed by atoms with Gasteiger partial charge in [0, 0.05) is 25.3 Å². The molecule has 0 aliphatic rings. The summed E-state index contributed by atoms with van der Waals surface area (Å²) in [5.41, 5.74) is 1.28.